The number of hydrogen-bond acceptors (Lipinski definition) is 2. The third-order valence-electron chi connectivity index (χ3n) is 18.4. The summed E-state index contributed by atoms with van der Waals surface area (Å²) in [6.07, 6.45) is 0. The summed E-state index contributed by atoms with van der Waals surface area (Å²) >= 11 is 0. The van der Waals surface area contributed by atoms with Crippen molar-refractivity contribution in [1.82, 2.24) is 14.1 Å². The second-order valence-electron chi connectivity index (χ2n) is 25.1. The van der Waals surface area contributed by atoms with Crippen molar-refractivity contribution in [2.75, 3.05) is 0 Å². The van der Waals surface area contributed by atoms with Crippen LogP contribution in [0.15, 0.2) is 206 Å². The molecule has 0 atom stereocenters. The molecule has 426 valence electrons. The van der Waals surface area contributed by atoms with Crippen LogP contribution in [0.5, 0.6) is 0 Å². The molecular weight excluding hydrogens is 1060 g/mol. The lowest BCUT2D eigenvalue weighted by molar-refractivity contribution is 1.09. The van der Waals surface area contributed by atoms with E-state index in [1.165, 1.54) is 111 Å². The van der Waals surface area contributed by atoms with Gasteiger partial charge >= 0.3 is 0 Å². The SMILES string of the molecule is Cc1cc(C)c(-c2ccc3c(c2)c2cc(-c4c(C)cc(C)cc4C)ccc2n3-c2cc(C#N)c(-c3cc(-c4ccccc4)nc(-c4ccccc4)c3)cc2-n2c3ccc(-c4c(C)cc(C)cc4C)cc3c3cc(-c4c(C)cc(C)cc4C)ccc32)c(C)c1. The fourth-order valence-corrected chi connectivity index (χ4v) is 15.2. The minimum Gasteiger partial charge on any atom is -0.307 e. The molecule has 11 aromatic carbocycles. The summed E-state index contributed by atoms with van der Waals surface area (Å²) in [5.41, 5.74) is 36.8. The van der Waals surface area contributed by atoms with Gasteiger partial charge in [0, 0.05) is 38.2 Å². The Morgan fingerprint density at radius 3 is 0.852 bits per heavy atom. The van der Waals surface area contributed by atoms with Gasteiger partial charge in [-0.3, -0.25) is 0 Å². The molecule has 3 aromatic heterocycles. The molecule has 0 saturated heterocycles. The minimum absolute atomic E-state index is 0.559. The summed E-state index contributed by atoms with van der Waals surface area (Å²) in [5, 5.41) is 16.4. The van der Waals surface area contributed by atoms with E-state index in [9.17, 15) is 5.26 Å². The molecule has 0 radical (unpaired) electrons. The van der Waals surface area contributed by atoms with Crippen molar-refractivity contribution >= 4 is 43.6 Å². The van der Waals surface area contributed by atoms with Crippen LogP contribution < -0.4 is 0 Å². The van der Waals surface area contributed by atoms with Crippen LogP contribution in [-0.4, -0.2) is 14.1 Å². The van der Waals surface area contributed by atoms with Crippen LogP contribution in [0.2, 0.25) is 0 Å². The van der Waals surface area contributed by atoms with Crippen LogP contribution in [-0.2, 0) is 0 Å². The molecule has 4 heteroatoms. The normalized spacial score (nSPS) is 11.6. The van der Waals surface area contributed by atoms with Crippen molar-refractivity contribution in [3.63, 3.8) is 0 Å². The Balaban J connectivity index is 1.13. The number of nitriles is 1. The third-order valence-corrected chi connectivity index (χ3v) is 18.4. The molecule has 3 heterocycles. The van der Waals surface area contributed by atoms with Crippen molar-refractivity contribution in [2.45, 2.75) is 83.1 Å². The number of benzene rings is 11. The van der Waals surface area contributed by atoms with Crippen molar-refractivity contribution in [3.05, 3.63) is 279 Å². The fraction of sp³-hybridized carbons (Fsp3) is 0.143. The predicted molar refractivity (Wildman–Crippen MR) is 373 cm³/mol. The standard InChI is InChI=1S/C84H70N4/c1-48-31-52(5)81(53(6)32-48)62-23-27-75-69(39-62)70-40-63(82-54(7)33-49(2)34-55(82)8)24-28-76(70)87(75)79-45-67(47-85)68(66-43-73(60-19-15-13-16-20-60)86-74(44-66)61-21-17-14-18-22-61)46-80(79)88-77-29-25-64(83-56(9)35-50(3)36-57(83)10)41-71(77)72-42-65(26-30-78(72)88)84-58(11)37-51(4)38-59(84)12/h13-46H,1-12H3. The van der Waals surface area contributed by atoms with Gasteiger partial charge in [-0.15, -0.1) is 0 Å². The fourth-order valence-electron chi connectivity index (χ4n) is 15.2. The van der Waals surface area contributed by atoms with Gasteiger partial charge in [-0.2, -0.15) is 5.26 Å². The highest BCUT2D eigenvalue weighted by Crippen LogP contribution is 2.46. The lowest BCUT2D eigenvalue weighted by Gasteiger charge is -2.20. The first-order valence-corrected chi connectivity index (χ1v) is 30.7. The summed E-state index contributed by atoms with van der Waals surface area (Å²) in [6, 6.07) is 79.0. The smallest absolute Gasteiger partial charge is 0.0998 e. The van der Waals surface area contributed by atoms with E-state index in [0.29, 0.717) is 5.56 Å². The molecule has 14 aromatic rings. The molecule has 0 spiro atoms. The molecule has 0 aliphatic carbocycles. The summed E-state index contributed by atoms with van der Waals surface area (Å²) < 4.78 is 4.93. The summed E-state index contributed by atoms with van der Waals surface area (Å²) in [4.78, 5) is 5.33. The van der Waals surface area contributed by atoms with Gasteiger partial charge in [-0.05, 0) is 250 Å². The summed E-state index contributed by atoms with van der Waals surface area (Å²) in [5.74, 6) is 0. The monoisotopic (exact) mass is 1130 g/mol. The molecule has 0 bridgehead atoms. The molecule has 0 aliphatic rings. The number of aryl methyl sites for hydroxylation is 12. The molecule has 0 N–H and O–H groups in total. The maximum absolute atomic E-state index is 11.9. The number of rotatable bonds is 9. The number of nitrogens with zero attached hydrogens (tertiary/aromatic N) is 4. The van der Waals surface area contributed by atoms with Crippen molar-refractivity contribution in [1.29, 1.82) is 5.26 Å². The zero-order chi connectivity index (χ0) is 61.0. The first kappa shape index (κ1) is 55.5. The molecule has 0 fully saturated rings. The quantitative estimate of drug-likeness (QED) is 0.145. The highest BCUT2D eigenvalue weighted by Gasteiger charge is 2.26. The van der Waals surface area contributed by atoms with E-state index in [2.05, 4.69) is 292 Å². The Labute approximate surface area is 517 Å². The molecule has 88 heavy (non-hydrogen) atoms. The lowest BCUT2D eigenvalue weighted by atomic mass is 9.91. The van der Waals surface area contributed by atoms with Crippen molar-refractivity contribution in [3.8, 4) is 95.6 Å². The van der Waals surface area contributed by atoms with Gasteiger partial charge in [0.05, 0.1) is 56.5 Å². The Hall–Kier alpha value is -10.3. The van der Waals surface area contributed by atoms with E-state index in [0.717, 1.165) is 88.6 Å². The Kier molecular flexibility index (Phi) is 13.6. The van der Waals surface area contributed by atoms with Gasteiger partial charge in [0.25, 0.3) is 0 Å². The van der Waals surface area contributed by atoms with E-state index in [-0.39, 0.29) is 0 Å². The van der Waals surface area contributed by atoms with Crippen LogP contribution in [0, 0.1) is 94.4 Å². The minimum atomic E-state index is 0.559. The van der Waals surface area contributed by atoms with Gasteiger partial charge < -0.3 is 9.13 Å². The van der Waals surface area contributed by atoms with E-state index >= 15 is 0 Å². The van der Waals surface area contributed by atoms with E-state index < -0.39 is 0 Å². The topological polar surface area (TPSA) is 46.5 Å². The van der Waals surface area contributed by atoms with Crippen molar-refractivity contribution < 1.29 is 0 Å². The summed E-state index contributed by atoms with van der Waals surface area (Å²) in [6.45, 7) is 26.6. The van der Waals surface area contributed by atoms with Crippen LogP contribution >= 0.6 is 0 Å². The number of hydrogen-bond donors (Lipinski definition) is 0. The Morgan fingerprint density at radius 1 is 0.284 bits per heavy atom. The maximum atomic E-state index is 11.9. The molecule has 0 saturated carbocycles. The van der Waals surface area contributed by atoms with Crippen LogP contribution in [0.3, 0.4) is 0 Å². The predicted octanol–water partition coefficient (Wildman–Crippen LogP) is 22.5. The molecular formula is C84H70N4. The molecule has 14 rings (SSSR count). The van der Waals surface area contributed by atoms with Gasteiger partial charge in [0.2, 0.25) is 0 Å². The number of fused-ring (bicyclic) bond motifs is 6. The Morgan fingerprint density at radius 2 is 0.568 bits per heavy atom. The molecule has 0 aliphatic heterocycles. The largest absolute Gasteiger partial charge is 0.307 e. The van der Waals surface area contributed by atoms with E-state index in [1.54, 1.807) is 0 Å². The first-order chi connectivity index (χ1) is 42.5. The van der Waals surface area contributed by atoms with E-state index in [4.69, 9.17) is 4.98 Å². The van der Waals surface area contributed by atoms with Gasteiger partial charge in [-0.25, -0.2) is 4.98 Å². The zero-order valence-corrected chi connectivity index (χ0v) is 52.4. The van der Waals surface area contributed by atoms with Crippen LogP contribution in [0.1, 0.15) is 72.3 Å². The van der Waals surface area contributed by atoms with Crippen LogP contribution in [0.4, 0.5) is 0 Å². The summed E-state index contributed by atoms with van der Waals surface area (Å²) in [7, 11) is 0. The van der Waals surface area contributed by atoms with Gasteiger partial charge in [0.1, 0.15) is 0 Å². The first-order valence-electron chi connectivity index (χ1n) is 30.7. The second kappa shape index (κ2) is 21.6. The third kappa shape index (κ3) is 9.41. The Bertz CT molecular complexity index is 4890. The van der Waals surface area contributed by atoms with Crippen molar-refractivity contribution in [2.24, 2.45) is 0 Å². The lowest BCUT2D eigenvalue weighted by Crippen LogP contribution is -2.06. The average molecular weight is 1140 g/mol. The van der Waals surface area contributed by atoms with Crippen LogP contribution in [0.25, 0.3) is 133 Å². The maximum Gasteiger partial charge on any atom is 0.0998 e. The average Bonchev–Trinajstić information content (AvgIpc) is 1.58. The highest BCUT2D eigenvalue weighted by molar-refractivity contribution is 6.15. The van der Waals surface area contributed by atoms with E-state index in [1.807, 2.05) is 12.1 Å². The van der Waals surface area contributed by atoms with Gasteiger partial charge in [0.15, 0.2) is 0 Å². The molecule has 0 unspecified atom stereocenters. The molecule has 4 nitrogen and oxygen atoms in total. The second-order valence-corrected chi connectivity index (χ2v) is 25.1. The van der Waals surface area contributed by atoms with Gasteiger partial charge in [-0.1, -0.05) is 156 Å². The zero-order valence-electron chi connectivity index (χ0n) is 52.4. The highest BCUT2D eigenvalue weighted by atomic mass is 15.1. The number of aromatic nitrogens is 3. The molecule has 0 amide bonds. The number of pyridine rings is 1.